The molecule has 1 aliphatic heterocycles. The van der Waals surface area contributed by atoms with Gasteiger partial charge in [-0.3, -0.25) is 4.99 Å². The minimum absolute atomic E-state index is 0.215. The van der Waals surface area contributed by atoms with Crippen molar-refractivity contribution >= 4 is 5.71 Å². The largest absolute Gasteiger partial charge is 0.496 e. The Kier molecular flexibility index (Phi) is 6.36. The van der Waals surface area contributed by atoms with Crippen molar-refractivity contribution in [1.29, 1.82) is 0 Å². The van der Waals surface area contributed by atoms with Crippen LogP contribution in [0.3, 0.4) is 0 Å². The van der Waals surface area contributed by atoms with Crippen LogP contribution in [0.4, 0.5) is 13.2 Å². The highest BCUT2D eigenvalue weighted by Gasteiger charge is 2.39. The van der Waals surface area contributed by atoms with E-state index in [0.29, 0.717) is 22.3 Å². The first-order chi connectivity index (χ1) is 12.6. The molecular formula is C20H27F3N3O+. The molecule has 2 N–H and O–H groups in total. The lowest BCUT2D eigenvalue weighted by molar-refractivity contribution is -0.923. The van der Waals surface area contributed by atoms with Gasteiger partial charge >= 0.3 is 6.18 Å². The molecule has 0 saturated heterocycles. The van der Waals surface area contributed by atoms with E-state index in [9.17, 15) is 13.2 Å². The highest BCUT2D eigenvalue weighted by atomic mass is 19.4. The van der Waals surface area contributed by atoms with Gasteiger partial charge in [-0.25, -0.2) is 0 Å². The molecule has 1 heterocycles. The third-order valence-corrected chi connectivity index (χ3v) is 4.89. The molecule has 0 aromatic heterocycles. The number of rotatable bonds is 4. The molecule has 148 valence electrons. The van der Waals surface area contributed by atoms with Crippen molar-refractivity contribution in [3.8, 4) is 5.75 Å². The van der Waals surface area contributed by atoms with Gasteiger partial charge < -0.3 is 15.0 Å². The van der Waals surface area contributed by atoms with Gasteiger partial charge in [-0.1, -0.05) is 6.08 Å². The first-order valence-corrected chi connectivity index (χ1v) is 8.79. The molecule has 1 aromatic carbocycles. The van der Waals surface area contributed by atoms with E-state index in [1.807, 2.05) is 26.0 Å². The number of nitrogens with zero attached hydrogens (tertiary/aromatic N) is 2. The summed E-state index contributed by atoms with van der Waals surface area (Å²) < 4.78 is 45.3. The van der Waals surface area contributed by atoms with E-state index in [0.717, 1.165) is 30.8 Å². The summed E-state index contributed by atoms with van der Waals surface area (Å²) >= 11 is 0. The monoisotopic (exact) mass is 382 g/mol. The molecule has 4 nitrogen and oxygen atoms in total. The highest BCUT2D eigenvalue weighted by Crippen LogP contribution is 2.39. The number of methoxy groups -OCH3 is 1. The summed E-state index contributed by atoms with van der Waals surface area (Å²) in [4.78, 5) is 4.50. The second-order valence-corrected chi connectivity index (χ2v) is 7.13. The van der Waals surface area contributed by atoms with Crippen LogP contribution in [0.2, 0.25) is 0 Å². The van der Waals surface area contributed by atoms with E-state index in [4.69, 9.17) is 10.5 Å². The fourth-order valence-corrected chi connectivity index (χ4v) is 3.49. The number of ether oxygens (including phenoxy) is 1. The van der Waals surface area contributed by atoms with Crippen LogP contribution in [0, 0.1) is 0 Å². The van der Waals surface area contributed by atoms with Crippen molar-refractivity contribution < 1.29 is 22.4 Å². The van der Waals surface area contributed by atoms with Gasteiger partial charge in [0, 0.05) is 18.3 Å². The van der Waals surface area contributed by atoms with Crippen molar-refractivity contribution in [1.82, 2.24) is 0 Å². The lowest BCUT2D eigenvalue weighted by atomic mass is 9.95. The average molecular weight is 382 g/mol. The van der Waals surface area contributed by atoms with Crippen LogP contribution in [0.5, 0.6) is 5.75 Å². The van der Waals surface area contributed by atoms with Gasteiger partial charge in [0.15, 0.2) is 6.04 Å². The predicted octanol–water partition coefficient (Wildman–Crippen LogP) is 4.44. The molecule has 1 aromatic rings. The molecule has 2 unspecified atom stereocenters. The third-order valence-electron chi connectivity index (χ3n) is 4.89. The first-order valence-electron chi connectivity index (χ1n) is 8.79. The quantitative estimate of drug-likeness (QED) is 0.783. The molecule has 2 rings (SSSR count). The van der Waals surface area contributed by atoms with Gasteiger partial charge in [-0.05, 0) is 38.1 Å². The summed E-state index contributed by atoms with van der Waals surface area (Å²) in [6, 6.07) is 3.43. The zero-order valence-electron chi connectivity index (χ0n) is 16.2. The van der Waals surface area contributed by atoms with Crippen LogP contribution in [-0.4, -0.2) is 37.4 Å². The van der Waals surface area contributed by atoms with Crippen molar-refractivity contribution in [3.63, 3.8) is 0 Å². The van der Waals surface area contributed by atoms with Crippen LogP contribution in [0.15, 0.2) is 47.2 Å². The maximum absolute atomic E-state index is 13.1. The summed E-state index contributed by atoms with van der Waals surface area (Å²) in [5.74, 6) is 0.215. The predicted molar refractivity (Wildman–Crippen MR) is 101 cm³/mol. The Morgan fingerprint density at radius 1 is 1.41 bits per heavy atom. The lowest BCUT2D eigenvalue weighted by Crippen LogP contribution is -2.51. The Hall–Kier alpha value is -2.28. The van der Waals surface area contributed by atoms with Crippen LogP contribution >= 0.6 is 0 Å². The molecule has 2 atom stereocenters. The third kappa shape index (κ3) is 4.91. The number of hydrogen-bond acceptors (Lipinski definition) is 3. The number of allylic oxidation sites excluding steroid dienone is 1. The highest BCUT2D eigenvalue weighted by molar-refractivity contribution is 5.88. The number of alkyl halides is 3. The number of halogens is 3. The molecule has 0 radical (unpaired) electrons. The van der Waals surface area contributed by atoms with Crippen molar-refractivity contribution in [2.45, 2.75) is 32.5 Å². The zero-order chi connectivity index (χ0) is 20.2. The molecule has 27 heavy (non-hydrogen) atoms. The van der Waals surface area contributed by atoms with Gasteiger partial charge in [0.2, 0.25) is 0 Å². The minimum Gasteiger partial charge on any atom is -0.496 e. The first kappa shape index (κ1) is 21.0. The maximum atomic E-state index is 13.1. The Bertz CT molecular complexity index is 764. The summed E-state index contributed by atoms with van der Waals surface area (Å²) in [6.45, 7) is 5.15. The normalized spacial score (nSPS) is 25.4. The number of nitrogens with two attached hydrogens (primary N) is 1. The standard InChI is InChI=1S/C20H27F3N3O/c1-14(24)9-12-26(3)11-6-5-10-25-15(2)19(26)17-8-7-16(20(21,22)23)13-18(17)27-4/h5,7-10,13,19H,6,11-12,24H2,1-4H3/q+1/b10-5-,14-9+,25-15?. The van der Waals surface area contributed by atoms with Crippen LogP contribution in [0.25, 0.3) is 0 Å². The number of hydrogen-bond donors (Lipinski definition) is 1. The van der Waals surface area contributed by atoms with E-state index in [-0.39, 0.29) is 11.8 Å². The van der Waals surface area contributed by atoms with E-state index >= 15 is 0 Å². The minimum atomic E-state index is -4.42. The Balaban J connectivity index is 2.62. The average Bonchev–Trinajstić information content (AvgIpc) is 2.58. The number of benzene rings is 1. The number of quaternary nitrogens is 1. The maximum Gasteiger partial charge on any atom is 0.416 e. The molecule has 0 fully saturated rings. The number of aliphatic imine (C=N–C) groups is 1. The molecule has 7 heteroatoms. The fraction of sp³-hybridized carbons (Fsp3) is 0.450. The van der Waals surface area contributed by atoms with Gasteiger partial charge in [0.05, 0.1) is 44.1 Å². The lowest BCUT2D eigenvalue weighted by Gasteiger charge is -2.42. The van der Waals surface area contributed by atoms with Crippen LogP contribution in [-0.2, 0) is 6.18 Å². The topological polar surface area (TPSA) is 47.6 Å². The number of likely N-dealkylation sites (N-methyl/N-ethyl adjacent to an activating group) is 1. The second-order valence-electron chi connectivity index (χ2n) is 7.13. The molecular weight excluding hydrogens is 355 g/mol. The van der Waals surface area contributed by atoms with E-state index in [1.165, 1.54) is 13.2 Å². The Morgan fingerprint density at radius 3 is 2.70 bits per heavy atom. The van der Waals surface area contributed by atoms with E-state index in [1.54, 1.807) is 6.20 Å². The van der Waals surface area contributed by atoms with Crippen molar-refractivity contribution in [2.75, 3.05) is 27.2 Å². The van der Waals surface area contributed by atoms with Crippen LogP contribution in [0.1, 0.15) is 37.4 Å². The van der Waals surface area contributed by atoms with Gasteiger partial charge in [-0.2, -0.15) is 13.2 Å². The summed E-state index contributed by atoms with van der Waals surface area (Å²) in [7, 11) is 3.46. The molecule has 0 saturated carbocycles. The molecule has 0 amide bonds. The molecule has 0 bridgehead atoms. The van der Waals surface area contributed by atoms with Gasteiger partial charge in [0.1, 0.15) is 5.75 Å². The Morgan fingerprint density at radius 2 is 2.11 bits per heavy atom. The molecule has 0 spiro atoms. The molecule has 0 aliphatic carbocycles. The van der Waals surface area contributed by atoms with E-state index in [2.05, 4.69) is 12.0 Å². The SMILES string of the molecule is COc1cc(C(F)(F)F)ccc1C1C(C)=N/C=C\CC[N+]1(C)C/C=C(\C)N. The van der Waals surface area contributed by atoms with Crippen molar-refractivity contribution in [3.05, 3.63) is 53.4 Å². The second kappa shape index (κ2) is 8.17. The molecule has 1 aliphatic rings. The van der Waals surface area contributed by atoms with Gasteiger partial charge in [0.25, 0.3) is 0 Å². The zero-order valence-corrected chi connectivity index (χ0v) is 16.2. The summed E-state index contributed by atoms with van der Waals surface area (Å²) in [5, 5.41) is 0. The Labute approximate surface area is 158 Å². The van der Waals surface area contributed by atoms with Gasteiger partial charge in [-0.15, -0.1) is 0 Å². The summed E-state index contributed by atoms with van der Waals surface area (Å²) in [5.41, 5.74) is 7.32. The van der Waals surface area contributed by atoms with E-state index < -0.39 is 11.7 Å². The van der Waals surface area contributed by atoms with Crippen LogP contribution < -0.4 is 10.5 Å². The smallest absolute Gasteiger partial charge is 0.416 e. The van der Waals surface area contributed by atoms with Crippen molar-refractivity contribution in [2.24, 2.45) is 10.7 Å². The summed E-state index contributed by atoms with van der Waals surface area (Å²) in [6.07, 6.45) is 2.09. The fourth-order valence-electron chi connectivity index (χ4n) is 3.49.